The molecule has 1 saturated heterocycles. The van der Waals surface area contributed by atoms with Gasteiger partial charge in [-0.15, -0.1) is 0 Å². The van der Waals surface area contributed by atoms with Crippen molar-refractivity contribution in [2.45, 2.75) is 18.9 Å². The van der Waals surface area contributed by atoms with Crippen LogP contribution in [-0.4, -0.2) is 25.7 Å². The normalized spacial score (nSPS) is 20.2. The fraction of sp³-hybridized carbons (Fsp3) is 0.500. The van der Waals surface area contributed by atoms with Crippen molar-refractivity contribution in [3.8, 4) is 0 Å². The monoisotopic (exact) mass is 242 g/mol. The second-order valence-corrected chi connectivity index (χ2v) is 4.57. The van der Waals surface area contributed by atoms with Crippen LogP contribution < -0.4 is 10.6 Å². The Morgan fingerprint density at radius 3 is 3.12 bits per heavy atom. The lowest BCUT2D eigenvalue weighted by Gasteiger charge is -2.11. The summed E-state index contributed by atoms with van der Waals surface area (Å²) in [6.45, 7) is 2.88. The van der Waals surface area contributed by atoms with Crippen molar-refractivity contribution in [3.63, 3.8) is 0 Å². The third kappa shape index (κ3) is 3.17. The Balaban J connectivity index is 1.82. The molecule has 0 bridgehead atoms. The van der Waals surface area contributed by atoms with Gasteiger partial charge in [-0.3, -0.25) is 0 Å². The molecule has 1 unspecified atom stereocenters. The molecule has 0 saturated carbocycles. The Labute approximate surface area is 100 Å². The van der Waals surface area contributed by atoms with Gasteiger partial charge in [0.1, 0.15) is 5.82 Å². The van der Waals surface area contributed by atoms with Crippen LogP contribution >= 0.6 is 11.6 Å². The molecule has 0 radical (unpaired) electrons. The molecule has 2 nitrogen and oxygen atoms in total. The van der Waals surface area contributed by atoms with E-state index in [4.69, 9.17) is 11.6 Å². The van der Waals surface area contributed by atoms with Gasteiger partial charge in [-0.1, -0.05) is 11.6 Å². The van der Waals surface area contributed by atoms with Crippen molar-refractivity contribution in [1.82, 2.24) is 10.6 Å². The van der Waals surface area contributed by atoms with Gasteiger partial charge in [0.05, 0.1) is 0 Å². The van der Waals surface area contributed by atoms with Gasteiger partial charge >= 0.3 is 0 Å². The Kier molecular flexibility index (Phi) is 4.16. The van der Waals surface area contributed by atoms with Crippen LogP contribution in [-0.2, 0) is 6.42 Å². The molecule has 1 atom stereocenters. The van der Waals surface area contributed by atoms with Crippen LogP contribution in [0.5, 0.6) is 0 Å². The summed E-state index contributed by atoms with van der Waals surface area (Å²) in [4.78, 5) is 0. The van der Waals surface area contributed by atoms with Crippen LogP contribution in [0.25, 0.3) is 0 Å². The summed E-state index contributed by atoms with van der Waals surface area (Å²) in [5.41, 5.74) is 0.686. The average molecular weight is 243 g/mol. The number of hydrogen-bond acceptors (Lipinski definition) is 2. The van der Waals surface area contributed by atoms with Crippen LogP contribution in [0.4, 0.5) is 4.39 Å². The molecule has 0 spiro atoms. The van der Waals surface area contributed by atoms with E-state index in [1.165, 1.54) is 6.07 Å². The molecule has 1 fully saturated rings. The molecular weight excluding hydrogens is 227 g/mol. The lowest BCUT2D eigenvalue weighted by atomic mass is 10.1. The summed E-state index contributed by atoms with van der Waals surface area (Å²) in [5, 5.41) is 7.28. The van der Waals surface area contributed by atoms with Crippen LogP contribution in [0.2, 0.25) is 5.02 Å². The van der Waals surface area contributed by atoms with Gasteiger partial charge in [0.25, 0.3) is 0 Å². The van der Waals surface area contributed by atoms with Gasteiger partial charge in [0, 0.05) is 17.6 Å². The third-order valence-corrected chi connectivity index (χ3v) is 3.13. The molecule has 4 heteroatoms. The number of nitrogens with one attached hydrogen (secondary N) is 2. The lowest BCUT2D eigenvalue weighted by Crippen LogP contribution is -2.32. The minimum Gasteiger partial charge on any atom is -0.315 e. The quantitative estimate of drug-likeness (QED) is 0.844. The number of halogens is 2. The Hall–Kier alpha value is -0.640. The maximum absolute atomic E-state index is 13.4. The molecule has 1 aromatic carbocycles. The molecule has 2 rings (SSSR count). The molecule has 1 heterocycles. The van der Waals surface area contributed by atoms with Crippen molar-refractivity contribution in [2.24, 2.45) is 0 Å². The average Bonchev–Trinajstić information content (AvgIpc) is 2.76. The zero-order valence-electron chi connectivity index (χ0n) is 9.10. The van der Waals surface area contributed by atoms with Gasteiger partial charge in [0.15, 0.2) is 0 Å². The van der Waals surface area contributed by atoms with Gasteiger partial charge < -0.3 is 10.6 Å². The number of rotatable bonds is 4. The lowest BCUT2D eigenvalue weighted by molar-refractivity contribution is 0.540. The Morgan fingerprint density at radius 2 is 2.38 bits per heavy atom. The minimum atomic E-state index is -0.171. The fourth-order valence-electron chi connectivity index (χ4n) is 1.97. The van der Waals surface area contributed by atoms with Gasteiger partial charge in [-0.25, -0.2) is 4.39 Å². The standard InChI is InChI=1S/C12H16ClFN2/c13-10-1-2-12(14)9(7-10)3-6-16-11-4-5-15-8-11/h1-2,7,11,15-16H,3-6,8H2. The van der Waals surface area contributed by atoms with Crippen molar-refractivity contribution >= 4 is 11.6 Å². The topological polar surface area (TPSA) is 24.1 Å². The van der Waals surface area contributed by atoms with E-state index < -0.39 is 0 Å². The highest BCUT2D eigenvalue weighted by molar-refractivity contribution is 6.30. The second-order valence-electron chi connectivity index (χ2n) is 4.13. The molecule has 1 aromatic rings. The SMILES string of the molecule is Fc1ccc(Cl)cc1CCNC1CCNC1. The van der Waals surface area contributed by atoms with E-state index in [-0.39, 0.29) is 5.82 Å². The molecule has 2 N–H and O–H groups in total. The first-order chi connectivity index (χ1) is 7.75. The summed E-state index contributed by atoms with van der Waals surface area (Å²) < 4.78 is 13.4. The van der Waals surface area contributed by atoms with Crippen LogP contribution in [0.3, 0.4) is 0 Å². The second kappa shape index (κ2) is 5.62. The summed E-state index contributed by atoms with van der Waals surface area (Å²) in [7, 11) is 0. The zero-order valence-corrected chi connectivity index (χ0v) is 9.86. The van der Waals surface area contributed by atoms with Gasteiger partial charge in [-0.2, -0.15) is 0 Å². The van der Waals surface area contributed by atoms with Crippen LogP contribution in [0, 0.1) is 5.82 Å². The smallest absolute Gasteiger partial charge is 0.126 e. The molecule has 0 aromatic heterocycles. The molecular formula is C12H16ClFN2. The maximum Gasteiger partial charge on any atom is 0.126 e. The molecule has 88 valence electrons. The first kappa shape index (κ1) is 11.8. The first-order valence-corrected chi connectivity index (χ1v) is 6.01. The highest BCUT2D eigenvalue weighted by Gasteiger charge is 2.13. The zero-order chi connectivity index (χ0) is 11.4. The number of benzene rings is 1. The fourth-order valence-corrected chi connectivity index (χ4v) is 2.17. The number of hydrogen-bond donors (Lipinski definition) is 2. The summed E-state index contributed by atoms with van der Waals surface area (Å²) in [6, 6.07) is 5.23. The van der Waals surface area contributed by atoms with Gasteiger partial charge in [0.2, 0.25) is 0 Å². The first-order valence-electron chi connectivity index (χ1n) is 5.64. The molecule has 0 amide bonds. The minimum absolute atomic E-state index is 0.171. The predicted octanol–water partition coefficient (Wildman–Crippen LogP) is 1.97. The van der Waals surface area contributed by atoms with Gasteiger partial charge in [-0.05, 0) is 49.7 Å². The molecule has 0 aliphatic carbocycles. The third-order valence-electron chi connectivity index (χ3n) is 2.90. The van der Waals surface area contributed by atoms with Crippen molar-refractivity contribution in [2.75, 3.05) is 19.6 Å². The van der Waals surface area contributed by atoms with E-state index in [1.54, 1.807) is 12.1 Å². The van der Waals surface area contributed by atoms with E-state index in [0.717, 1.165) is 26.1 Å². The Morgan fingerprint density at radius 1 is 1.50 bits per heavy atom. The van der Waals surface area contributed by atoms with Crippen LogP contribution in [0.1, 0.15) is 12.0 Å². The molecule has 16 heavy (non-hydrogen) atoms. The highest BCUT2D eigenvalue weighted by Crippen LogP contribution is 2.15. The van der Waals surface area contributed by atoms with E-state index in [1.807, 2.05) is 0 Å². The van der Waals surface area contributed by atoms with E-state index in [9.17, 15) is 4.39 Å². The van der Waals surface area contributed by atoms with Crippen molar-refractivity contribution < 1.29 is 4.39 Å². The maximum atomic E-state index is 13.4. The van der Waals surface area contributed by atoms with E-state index in [2.05, 4.69) is 10.6 Å². The highest BCUT2D eigenvalue weighted by atomic mass is 35.5. The van der Waals surface area contributed by atoms with E-state index >= 15 is 0 Å². The largest absolute Gasteiger partial charge is 0.315 e. The van der Waals surface area contributed by atoms with Crippen molar-refractivity contribution in [3.05, 3.63) is 34.6 Å². The summed E-state index contributed by atoms with van der Waals surface area (Å²) in [6.07, 6.45) is 1.83. The summed E-state index contributed by atoms with van der Waals surface area (Å²) in [5.74, 6) is -0.171. The molecule has 1 aliphatic heterocycles. The summed E-state index contributed by atoms with van der Waals surface area (Å²) >= 11 is 5.83. The van der Waals surface area contributed by atoms with E-state index in [0.29, 0.717) is 23.0 Å². The Bertz CT molecular complexity index is 351. The molecule has 1 aliphatic rings. The van der Waals surface area contributed by atoms with Crippen molar-refractivity contribution in [1.29, 1.82) is 0 Å². The predicted molar refractivity (Wildman–Crippen MR) is 64.4 cm³/mol. The van der Waals surface area contributed by atoms with Crippen LogP contribution in [0.15, 0.2) is 18.2 Å².